The van der Waals surface area contributed by atoms with E-state index in [1.807, 2.05) is 0 Å². The van der Waals surface area contributed by atoms with E-state index in [4.69, 9.17) is 9.47 Å². The molecule has 2 bridgehead atoms. The maximum atomic E-state index is 13.5. The highest BCUT2D eigenvalue weighted by Gasteiger charge is 2.81. The average molecular weight is 531 g/mol. The van der Waals surface area contributed by atoms with Gasteiger partial charge in [-0.25, -0.2) is 0 Å². The van der Waals surface area contributed by atoms with E-state index in [-0.39, 0.29) is 51.5 Å². The van der Waals surface area contributed by atoms with E-state index in [1.54, 1.807) is 6.92 Å². The van der Waals surface area contributed by atoms with Crippen LogP contribution in [0.4, 0.5) is 0 Å². The third-order valence-electron chi connectivity index (χ3n) is 14.6. The number of rotatable bonds is 3. The van der Waals surface area contributed by atoms with Crippen molar-refractivity contribution >= 4 is 11.9 Å². The fourth-order valence-corrected chi connectivity index (χ4v) is 12.6. The van der Waals surface area contributed by atoms with Crippen molar-refractivity contribution < 1.29 is 29.3 Å². The Morgan fingerprint density at radius 1 is 0.947 bits per heavy atom. The molecule has 0 amide bonds. The van der Waals surface area contributed by atoms with Gasteiger partial charge in [0.15, 0.2) is 0 Å². The van der Waals surface area contributed by atoms with Gasteiger partial charge in [-0.2, -0.15) is 0 Å². The molecular weight excluding hydrogens is 480 g/mol. The van der Waals surface area contributed by atoms with Crippen LogP contribution in [-0.2, 0) is 19.1 Å². The standard InChI is InChI=1S/C32H50O6/c1-19(34)37-23-11-12-27(4)21(26(23,2)3)10-13-29(6)22(27)9-8-20-24-31(15-14-28(20,29)5)16-17-32(24,38-25(31)35)30(7,36)18-33/h20-24,33,36H,8-18H2,1-7H3/t20-,21+,22-,23+,24-,27-,28-,29+,30+,31-,32-/m0/s1. The lowest BCUT2D eigenvalue weighted by atomic mass is 9.32. The number of esters is 2. The van der Waals surface area contributed by atoms with E-state index in [1.165, 1.54) is 6.92 Å². The van der Waals surface area contributed by atoms with Gasteiger partial charge >= 0.3 is 11.9 Å². The molecule has 0 spiro atoms. The maximum absolute atomic E-state index is 13.5. The summed E-state index contributed by atoms with van der Waals surface area (Å²) in [5.41, 5.74) is -2.68. The SMILES string of the molecule is CC(=O)O[C@@H]1CC[C@@]2(C)[C@H](CC[C@]3(C)[C@H]2CC[C@H]2[C@H]4[C@]5(CC[C@@]23C)CC[C@]4([C@](C)(O)CO)OC5=O)C1(C)C. The van der Waals surface area contributed by atoms with Crippen LogP contribution >= 0.6 is 0 Å². The summed E-state index contributed by atoms with van der Waals surface area (Å²) in [6.45, 7) is 15.0. The molecule has 1 aliphatic heterocycles. The number of hydrogen-bond acceptors (Lipinski definition) is 6. The Labute approximate surface area is 228 Å². The topological polar surface area (TPSA) is 93.1 Å². The summed E-state index contributed by atoms with van der Waals surface area (Å²) >= 11 is 0. The highest BCUT2D eigenvalue weighted by atomic mass is 16.6. The molecule has 5 aliphatic carbocycles. The number of hydrogen-bond donors (Lipinski definition) is 2. The van der Waals surface area contributed by atoms with Crippen molar-refractivity contribution in [2.45, 2.75) is 130 Å². The molecular formula is C32H50O6. The monoisotopic (exact) mass is 530 g/mol. The predicted octanol–water partition coefficient (Wildman–Crippen LogP) is 5.42. The number of ether oxygens (including phenoxy) is 2. The van der Waals surface area contributed by atoms with Crippen molar-refractivity contribution in [1.82, 2.24) is 0 Å². The lowest BCUT2D eigenvalue weighted by Gasteiger charge is -2.72. The summed E-state index contributed by atoms with van der Waals surface area (Å²) in [5.74, 6) is 1.00. The summed E-state index contributed by atoms with van der Waals surface area (Å²) in [7, 11) is 0. The first-order valence-corrected chi connectivity index (χ1v) is 15.3. The van der Waals surface area contributed by atoms with E-state index in [2.05, 4.69) is 34.6 Å². The van der Waals surface area contributed by atoms with E-state index >= 15 is 0 Å². The Balaban J connectivity index is 1.39. The second kappa shape index (κ2) is 7.78. The second-order valence-corrected chi connectivity index (χ2v) is 16.0. The molecule has 6 fully saturated rings. The summed E-state index contributed by atoms with van der Waals surface area (Å²) in [4.78, 5) is 25.4. The minimum absolute atomic E-state index is 0.0262. The first-order valence-electron chi connectivity index (χ1n) is 15.3. The zero-order valence-electron chi connectivity index (χ0n) is 24.7. The third kappa shape index (κ3) is 2.88. The molecule has 214 valence electrons. The third-order valence-corrected chi connectivity index (χ3v) is 14.6. The van der Waals surface area contributed by atoms with Gasteiger partial charge in [0.05, 0.1) is 12.0 Å². The molecule has 2 N–H and O–H groups in total. The van der Waals surface area contributed by atoms with Crippen LogP contribution in [0.1, 0.15) is 113 Å². The minimum Gasteiger partial charge on any atom is -0.462 e. The van der Waals surface area contributed by atoms with Crippen LogP contribution in [0, 0.1) is 50.7 Å². The lowest BCUT2D eigenvalue weighted by Crippen LogP contribution is -2.68. The zero-order chi connectivity index (χ0) is 27.7. The van der Waals surface area contributed by atoms with E-state index < -0.39 is 23.2 Å². The summed E-state index contributed by atoms with van der Waals surface area (Å²) in [6, 6.07) is 0. The van der Waals surface area contributed by atoms with Crippen molar-refractivity contribution in [1.29, 1.82) is 0 Å². The Kier molecular flexibility index (Phi) is 5.54. The largest absolute Gasteiger partial charge is 0.462 e. The summed E-state index contributed by atoms with van der Waals surface area (Å²) in [5, 5.41) is 21.8. The quantitative estimate of drug-likeness (QED) is 0.473. The average Bonchev–Trinajstić information content (AvgIpc) is 3.31. The van der Waals surface area contributed by atoms with Gasteiger partial charge in [-0.15, -0.1) is 0 Å². The molecule has 6 heteroatoms. The molecule has 5 saturated carbocycles. The second-order valence-electron chi connectivity index (χ2n) is 16.0. The molecule has 0 radical (unpaired) electrons. The molecule has 6 aliphatic rings. The number of carbonyl (C=O) groups excluding carboxylic acids is 2. The number of carbonyl (C=O) groups is 2. The number of aliphatic hydroxyl groups is 2. The highest BCUT2D eigenvalue weighted by molar-refractivity contribution is 5.82. The van der Waals surface area contributed by atoms with Crippen LogP contribution in [0.2, 0.25) is 0 Å². The van der Waals surface area contributed by atoms with Gasteiger partial charge in [0.2, 0.25) is 0 Å². The fourth-order valence-electron chi connectivity index (χ4n) is 12.6. The Bertz CT molecular complexity index is 1050. The van der Waals surface area contributed by atoms with Crippen molar-refractivity contribution in [3.05, 3.63) is 0 Å². The molecule has 11 atom stereocenters. The molecule has 6 rings (SSSR count). The van der Waals surface area contributed by atoms with Crippen LogP contribution in [0.3, 0.4) is 0 Å². The molecule has 0 aromatic heterocycles. The Morgan fingerprint density at radius 3 is 2.26 bits per heavy atom. The van der Waals surface area contributed by atoms with Gasteiger partial charge in [-0.1, -0.05) is 34.6 Å². The molecule has 1 heterocycles. The van der Waals surface area contributed by atoms with Gasteiger partial charge in [0.1, 0.15) is 17.3 Å². The van der Waals surface area contributed by atoms with Crippen molar-refractivity contribution in [2.24, 2.45) is 50.7 Å². The Hall–Kier alpha value is -1.14. The van der Waals surface area contributed by atoms with Crippen molar-refractivity contribution in [3.63, 3.8) is 0 Å². The summed E-state index contributed by atoms with van der Waals surface area (Å²) in [6.07, 6.45) is 9.67. The molecule has 0 aromatic carbocycles. The predicted molar refractivity (Wildman–Crippen MR) is 143 cm³/mol. The number of aliphatic hydroxyl groups excluding tert-OH is 1. The molecule has 6 nitrogen and oxygen atoms in total. The van der Waals surface area contributed by atoms with E-state index in [0.717, 1.165) is 57.8 Å². The van der Waals surface area contributed by atoms with Gasteiger partial charge in [-0.3, -0.25) is 9.59 Å². The zero-order valence-corrected chi connectivity index (χ0v) is 24.7. The normalized spacial score (nSPS) is 54.0. The first-order chi connectivity index (χ1) is 17.6. The Morgan fingerprint density at radius 2 is 1.63 bits per heavy atom. The number of fused-ring (bicyclic) bond motifs is 5. The smallest absolute Gasteiger partial charge is 0.313 e. The first kappa shape index (κ1) is 27.1. The van der Waals surface area contributed by atoms with Gasteiger partial charge in [0, 0.05) is 18.3 Å². The van der Waals surface area contributed by atoms with Crippen LogP contribution in [-0.4, -0.2) is 46.1 Å². The molecule has 1 saturated heterocycles. The summed E-state index contributed by atoms with van der Waals surface area (Å²) < 4.78 is 12.1. The lowest BCUT2D eigenvalue weighted by molar-refractivity contribution is -0.257. The molecule has 38 heavy (non-hydrogen) atoms. The van der Waals surface area contributed by atoms with Gasteiger partial charge in [0.25, 0.3) is 0 Å². The van der Waals surface area contributed by atoms with Crippen molar-refractivity contribution in [3.8, 4) is 0 Å². The minimum atomic E-state index is -1.44. The van der Waals surface area contributed by atoms with Gasteiger partial charge < -0.3 is 19.7 Å². The van der Waals surface area contributed by atoms with Crippen LogP contribution in [0.15, 0.2) is 0 Å². The van der Waals surface area contributed by atoms with E-state index in [9.17, 15) is 19.8 Å². The van der Waals surface area contributed by atoms with Crippen LogP contribution in [0.5, 0.6) is 0 Å². The molecule has 0 unspecified atom stereocenters. The maximum Gasteiger partial charge on any atom is 0.313 e. The fraction of sp³-hybridized carbons (Fsp3) is 0.938. The molecule has 0 aromatic rings. The van der Waals surface area contributed by atoms with Gasteiger partial charge in [-0.05, 0) is 105 Å². The van der Waals surface area contributed by atoms with E-state index in [0.29, 0.717) is 18.3 Å². The van der Waals surface area contributed by atoms with Crippen molar-refractivity contribution in [2.75, 3.05) is 6.61 Å². The van der Waals surface area contributed by atoms with Crippen LogP contribution in [0.25, 0.3) is 0 Å². The van der Waals surface area contributed by atoms with Crippen LogP contribution < -0.4 is 0 Å². The highest BCUT2D eigenvalue weighted by Crippen LogP contribution is 2.80.